The zero-order valence-electron chi connectivity index (χ0n) is 16.1. The number of hydrogen-bond donors (Lipinski definition) is 1. The molecule has 5 nitrogen and oxygen atoms in total. The molecule has 1 heterocycles. The number of benzene rings is 2. The molecule has 0 fully saturated rings. The fourth-order valence-corrected chi connectivity index (χ4v) is 3.22. The molecule has 0 aromatic heterocycles. The summed E-state index contributed by atoms with van der Waals surface area (Å²) in [6, 6.07) is 14.0. The van der Waals surface area contributed by atoms with Crippen LogP contribution in [0.5, 0.6) is 0 Å². The lowest BCUT2D eigenvalue weighted by atomic mass is 10.0. The Morgan fingerprint density at radius 1 is 1.07 bits per heavy atom. The summed E-state index contributed by atoms with van der Waals surface area (Å²) in [7, 11) is 3.95. The second kappa shape index (κ2) is 9.33. The van der Waals surface area contributed by atoms with E-state index in [2.05, 4.69) is 10.3 Å². The van der Waals surface area contributed by atoms with Crippen LogP contribution in [0.15, 0.2) is 59.4 Å². The molecule has 0 aliphatic carbocycles. The lowest BCUT2D eigenvalue weighted by molar-refractivity contribution is -0.130. The van der Waals surface area contributed by atoms with Crippen LogP contribution in [0.3, 0.4) is 0 Å². The van der Waals surface area contributed by atoms with Crippen LogP contribution in [-0.4, -0.2) is 44.0 Å². The summed E-state index contributed by atoms with van der Waals surface area (Å²) in [6.45, 7) is 1.97. The monoisotopic (exact) mass is 365 g/mol. The number of rotatable bonds is 9. The molecular weight excluding hydrogens is 338 g/mol. The summed E-state index contributed by atoms with van der Waals surface area (Å²) in [5.41, 5.74) is 1.20. The van der Waals surface area contributed by atoms with E-state index in [0.717, 1.165) is 35.8 Å². The van der Waals surface area contributed by atoms with Gasteiger partial charge in [0, 0.05) is 25.4 Å². The van der Waals surface area contributed by atoms with Crippen LogP contribution in [0.4, 0.5) is 0 Å². The molecule has 0 bridgehead atoms. The first kappa shape index (κ1) is 19.1. The van der Waals surface area contributed by atoms with Crippen LogP contribution in [0.25, 0.3) is 10.8 Å². The van der Waals surface area contributed by atoms with Gasteiger partial charge < -0.3 is 15.0 Å². The molecule has 0 atom stereocenters. The minimum absolute atomic E-state index is 0.357. The first-order chi connectivity index (χ1) is 13.2. The summed E-state index contributed by atoms with van der Waals surface area (Å²) in [4.78, 5) is 18.7. The number of fused-ring (bicyclic) bond motifs is 1. The van der Waals surface area contributed by atoms with Crippen molar-refractivity contribution < 1.29 is 9.53 Å². The number of carbonyl (C=O) groups is 1. The highest BCUT2D eigenvalue weighted by molar-refractivity contribution is 6.16. The Morgan fingerprint density at radius 2 is 1.85 bits per heavy atom. The fourth-order valence-electron chi connectivity index (χ4n) is 3.22. The molecule has 0 spiro atoms. The lowest BCUT2D eigenvalue weighted by Crippen LogP contribution is -2.14. The molecule has 1 aliphatic heterocycles. The third kappa shape index (κ3) is 4.95. The second-order valence-corrected chi connectivity index (χ2v) is 6.85. The summed E-state index contributed by atoms with van der Waals surface area (Å²) in [5, 5.41) is 5.29. The zero-order chi connectivity index (χ0) is 19.1. The molecule has 27 heavy (non-hydrogen) atoms. The summed E-state index contributed by atoms with van der Waals surface area (Å²) < 4.78 is 5.45. The van der Waals surface area contributed by atoms with Crippen molar-refractivity contribution in [3.63, 3.8) is 0 Å². The molecule has 142 valence electrons. The summed E-state index contributed by atoms with van der Waals surface area (Å²) in [6.07, 6.45) is 6.49. The second-order valence-electron chi connectivity index (χ2n) is 6.85. The molecule has 0 unspecified atom stereocenters. The highest BCUT2D eigenvalue weighted by Gasteiger charge is 2.25. The number of ether oxygens (including phenoxy) is 1. The maximum atomic E-state index is 12.2. The van der Waals surface area contributed by atoms with Crippen molar-refractivity contribution in [2.45, 2.75) is 25.7 Å². The van der Waals surface area contributed by atoms with E-state index in [1.54, 1.807) is 6.20 Å². The van der Waals surface area contributed by atoms with E-state index in [1.165, 1.54) is 19.3 Å². The van der Waals surface area contributed by atoms with Gasteiger partial charge in [-0.3, -0.25) is 0 Å². The Kier molecular flexibility index (Phi) is 6.60. The Hall–Kier alpha value is -2.66. The summed E-state index contributed by atoms with van der Waals surface area (Å²) >= 11 is 0. The lowest BCUT2D eigenvalue weighted by Gasteiger charge is -2.13. The van der Waals surface area contributed by atoms with Crippen LogP contribution in [0.1, 0.15) is 31.2 Å². The van der Waals surface area contributed by atoms with Gasteiger partial charge >= 0.3 is 5.97 Å². The van der Waals surface area contributed by atoms with Gasteiger partial charge in [0.05, 0.1) is 0 Å². The Bertz CT molecular complexity index is 852. The van der Waals surface area contributed by atoms with Crippen LogP contribution in [-0.2, 0) is 9.53 Å². The number of aliphatic imine (C=N–C) groups is 1. The van der Waals surface area contributed by atoms with Crippen LogP contribution < -0.4 is 5.32 Å². The van der Waals surface area contributed by atoms with E-state index >= 15 is 0 Å². The number of carbonyl (C=O) groups excluding carboxylic acids is 1. The van der Waals surface area contributed by atoms with E-state index < -0.39 is 0 Å². The molecular formula is C22H27N3O2. The minimum atomic E-state index is -0.390. The standard InChI is InChI=1S/C22H27N3O2/c1-23-14-7-3-4-8-15-25(2)16-20-22(26)27-21(24-20)19-13-9-11-17-10-5-6-12-18(17)19/h5-6,9-13,16,23H,3-4,7-8,14-15H2,1-2H3/b20-16-. The first-order valence-electron chi connectivity index (χ1n) is 9.54. The number of hydrogen-bond acceptors (Lipinski definition) is 5. The molecule has 3 rings (SSSR count). The SMILES string of the molecule is CNCCCCCCN(C)/C=C1\N=C(c2cccc3ccccc23)OC1=O. The average molecular weight is 365 g/mol. The third-order valence-electron chi connectivity index (χ3n) is 4.67. The van der Waals surface area contributed by atoms with Gasteiger partial charge in [-0.2, -0.15) is 0 Å². The molecule has 1 aliphatic rings. The smallest absolute Gasteiger partial charge is 0.365 e. The molecule has 1 N–H and O–H groups in total. The van der Waals surface area contributed by atoms with Crippen molar-refractivity contribution in [2.24, 2.45) is 4.99 Å². The summed E-state index contributed by atoms with van der Waals surface area (Å²) in [5.74, 6) is -0.0117. The average Bonchev–Trinajstić information content (AvgIpc) is 3.04. The maximum Gasteiger partial charge on any atom is 0.365 e. The third-order valence-corrected chi connectivity index (χ3v) is 4.67. The highest BCUT2D eigenvalue weighted by Crippen LogP contribution is 2.24. The molecule has 2 aromatic carbocycles. The van der Waals surface area contributed by atoms with Crippen LogP contribution >= 0.6 is 0 Å². The number of cyclic esters (lactones) is 1. The van der Waals surface area contributed by atoms with E-state index in [1.807, 2.05) is 61.5 Å². The van der Waals surface area contributed by atoms with Gasteiger partial charge in [0.1, 0.15) is 0 Å². The van der Waals surface area contributed by atoms with Crippen LogP contribution in [0.2, 0.25) is 0 Å². The van der Waals surface area contributed by atoms with Gasteiger partial charge in [-0.1, -0.05) is 49.2 Å². The molecule has 5 heteroatoms. The van der Waals surface area contributed by atoms with Gasteiger partial charge in [0.25, 0.3) is 0 Å². The highest BCUT2D eigenvalue weighted by atomic mass is 16.6. The fraction of sp³-hybridized carbons (Fsp3) is 0.364. The van der Waals surface area contributed by atoms with Crippen molar-refractivity contribution in [3.8, 4) is 0 Å². The van der Waals surface area contributed by atoms with E-state index in [-0.39, 0.29) is 5.97 Å². The van der Waals surface area contributed by atoms with Crippen molar-refractivity contribution in [3.05, 3.63) is 59.9 Å². The van der Waals surface area contributed by atoms with Crippen molar-refractivity contribution in [2.75, 3.05) is 27.2 Å². The maximum absolute atomic E-state index is 12.2. The first-order valence-corrected chi connectivity index (χ1v) is 9.54. The van der Waals surface area contributed by atoms with Crippen molar-refractivity contribution >= 4 is 22.6 Å². The Balaban J connectivity index is 1.66. The van der Waals surface area contributed by atoms with Gasteiger partial charge in [-0.15, -0.1) is 0 Å². The normalized spacial score (nSPS) is 15.3. The molecule has 0 saturated carbocycles. The van der Waals surface area contributed by atoms with E-state index in [4.69, 9.17) is 4.74 Å². The zero-order valence-corrected chi connectivity index (χ0v) is 16.1. The Labute approximate surface area is 160 Å². The van der Waals surface area contributed by atoms with Gasteiger partial charge in [-0.25, -0.2) is 9.79 Å². The molecule has 0 radical (unpaired) electrons. The molecule has 2 aromatic rings. The molecule has 0 saturated heterocycles. The number of esters is 1. The van der Waals surface area contributed by atoms with Gasteiger partial charge in [-0.05, 0) is 43.3 Å². The topological polar surface area (TPSA) is 53.9 Å². The van der Waals surface area contributed by atoms with Crippen molar-refractivity contribution in [1.82, 2.24) is 10.2 Å². The predicted molar refractivity (Wildman–Crippen MR) is 110 cm³/mol. The quantitative estimate of drug-likeness (QED) is 0.418. The van der Waals surface area contributed by atoms with E-state index in [9.17, 15) is 4.79 Å². The Morgan fingerprint density at radius 3 is 2.70 bits per heavy atom. The number of nitrogens with one attached hydrogen (secondary N) is 1. The van der Waals surface area contributed by atoms with Crippen molar-refractivity contribution in [1.29, 1.82) is 0 Å². The van der Waals surface area contributed by atoms with E-state index in [0.29, 0.717) is 11.6 Å². The minimum Gasteiger partial charge on any atom is -0.402 e. The largest absolute Gasteiger partial charge is 0.402 e. The number of nitrogens with zero attached hydrogens (tertiary/aromatic N) is 2. The van der Waals surface area contributed by atoms with Gasteiger partial charge in [0.15, 0.2) is 5.70 Å². The van der Waals surface area contributed by atoms with Gasteiger partial charge in [0.2, 0.25) is 5.90 Å². The molecule has 0 amide bonds. The predicted octanol–water partition coefficient (Wildman–Crippen LogP) is 3.70. The van der Waals surface area contributed by atoms with Crippen LogP contribution in [0, 0.1) is 0 Å². The number of unbranched alkanes of at least 4 members (excludes halogenated alkanes) is 3.